The summed E-state index contributed by atoms with van der Waals surface area (Å²) in [6, 6.07) is 13.3. The molecule has 0 aliphatic heterocycles. The zero-order chi connectivity index (χ0) is 20.4. The van der Waals surface area contributed by atoms with Gasteiger partial charge in [0.15, 0.2) is 0 Å². The fraction of sp³-hybridized carbons (Fsp3) is 0.167. The van der Waals surface area contributed by atoms with Gasteiger partial charge in [-0.3, -0.25) is 0 Å². The van der Waals surface area contributed by atoms with Crippen molar-refractivity contribution in [1.29, 1.82) is 5.41 Å². The van der Waals surface area contributed by atoms with Gasteiger partial charge in [-0.15, -0.1) is 0 Å². The van der Waals surface area contributed by atoms with Gasteiger partial charge in [0.25, 0.3) is 0 Å². The number of carboxylic acid groups (broad SMARTS) is 1. The second-order valence-electron chi connectivity index (χ2n) is 7.15. The maximum absolute atomic E-state index is 11.9. The van der Waals surface area contributed by atoms with Crippen LogP contribution in [0, 0.1) is 12.3 Å². The van der Waals surface area contributed by atoms with Crippen molar-refractivity contribution in [2.75, 3.05) is 19.0 Å². The third-order valence-electron chi connectivity index (χ3n) is 4.92. The summed E-state index contributed by atoms with van der Waals surface area (Å²) in [5, 5.41) is 17.7. The van der Waals surface area contributed by atoms with Crippen LogP contribution in [0.15, 0.2) is 71.8 Å². The summed E-state index contributed by atoms with van der Waals surface area (Å²) in [4.78, 5) is 13.9. The first-order valence-electron chi connectivity index (χ1n) is 9.10. The Hall–Kier alpha value is -3.40. The molecule has 2 aromatic rings. The maximum Gasteiger partial charge on any atom is 0.336 e. The molecular weight excluding hydrogens is 348 g/mol. The molecule has 1 aliphatic rings. The number of allylic oxidation sites excluding steroid dienone is 5. The number of aromatic carboxylic acids is 1. The van der Waals surface area contributed by atoms with Crippen LogP contribution in [0.2, 0.25) is 0 Å². The van der Waals surface area contributed by atoms with Crippen molar-refractivity contribution in [2.45, 2.75) is 13.8 Å². The van der Waals surface area contributed by atoms with Crippen LogP contribution in [-0.2, 0) is 0 Å². The van der Waals surface area contributed by atoms with Crippen molar-refractivity contribution in [2.24, 2.45) is 0 Å². The largest absolute Gasteiger partial charge is 0.478 e. The second-order valence-corrected chi connectivity index (χ2v) is 7.15. The van der Waals surface area contributed by atoms with Crippen LogP contribution in [0.5, 0.6) is 0 Å². The van der Waals surface area contributed by atoms with E-state index in [9.17, 15) is 9.90 Å². The lowest BCUT2D eigenvalue weighted by atomic mass is 9.84. The fourth-order valence-corrected chi connectivity index (χ4v) is 3.47. The highest BCUT2D eigenvalue weighted by atomic mass is 16.4. The predicted molar refractivity (Wildman–Crippen MR) is 116 cm³/mol. The minimum Gasteiger partial charge on any atom is -0.478 e. The molecule has 1 aliphatic carbocycles. The van der Waals surface area contributed by atoms with Crippen molar-refractivity contribution in [3.63, 3.8) is 0 Å². The molecule has 2 N–H and O–H groups in total. The molecule has 0 atom stereocenters. The average Bonchev–Trinajstić information content (AvgIpc) is 2.64. The Labute approximate surface area is 165 Å². The molecule has 142 valence electrons. The molecule has 0 amide bonds. The molecule has 0 spiro atoms. The van der Waals surface area contributed by atoms with Crippen LogP contribution in [0.4, 0.5) is 5.69 Å². The highest BCUT2D eigenvalue weighted by molar-refractivity contribution is 6.07. The van der Waals surface area contributed by atoms with E-state index in [0.717, 1.165) is 33.5 Å². The van der Waals surface area contributed by atoms with Crippen LogP contribution >= 0.6 is 0 Å². The molecule has 3 rings (SSSR count). The topological polar surface area (TPSA) is 64.4 Å². The maximum atomic E-state index is 11.9. The second kappa shape index (κ2) is 7.69. The first-order valence-corrected chi connectivity index (χ1v) is 9.10. The minimum atomic E-state index is -0.953. The summed E-state index contributed by atoms with van der Waals surface area (Å²) >= 11 is 0. The Balaban J connectivity index is 2.36. The molecule has 0 saturated carbocycles. The predicted octanol–water partition coefficient (Wildman–Crippen LogP) is 5.10. The third kappa shape index (κ3) is 3.67. The van der Waals surface area contributed by atoms with Crippen molar-refractivity contribution in [3.8, 4) is 0 Å². The van der Waals surface area contributed by atoms with E-state index in [1.807, 2.05) is 69.3 Å². The number of nitrogens with zero attached hydrogens (tertiary/aromatic N) is 1. The number of rotatable bonds is 4. The highest BCUT2D eigenvalue weighted by Crippen LogP contribution is 2.36. The van der Waals surface area contributed by atoms with Gasteiger partial charge in [-0.2, -0.15) is 0 Å². The Kier molecular flexibility index (Phi) is 5.32. The normalized spacial score (nSPS) is 15.3. The lowest BCUT2D eigenvalue weighted by Gasteiger charge is -2.21. The van der Waals surface area contributed by atoms with Crippen molar-refractivity contribution in [3.05, 3.63) is 94.1 Å². The number of nitrogens with one attached hydrogen (secondary N) is 1. The molecular formula is C24H24N2O2. The Bertz CT molecular complexity index is 1060. The summed E-state index contributed by atoms with van der Waals surface area (Å²) in [5.41, 5.74) is 7.27. The van der Waals surface area contributed by atoms with Crippen molar-refractivity contribution < 1.29 is 9.90 Å². The van der Waals surface area contributed by atoms with Gasteiger partial charge in [0.1, 0.15) is 0 Å². The van der Waals surface area contributed by atoms with Crippen molar-refractivity contribution >= 4 is 22.9 Å². The Morgan fingerprint density at radius 1 is 0.964 bits per heavy atom. The summed E-state index contributed by atoms with van der Waals surface area (Å²) in [7, 11) is 3.99. The van der Waals surface area contributed by atoms with Gasteiger partial charge < -0.3 is 15.4 Å². The van der Waals surface area contributed by atoms with Crippen LogP contribution in [0.1, 0.15) is 34.0 Å². The van der Waals surface area contributed by atoms with E-state index >= 15 is 0 Å². The van der Waals surface area contributed by atoms with E-state index in [2.05, 4.69) is 6.07 Å². The summed E-state index contributed by atoms with van der Waals surface area (Å²) in [6.45, 7) is 4.00. The molecule has 2 aromatic carbocycles. The molecule has 28 heavy (non-hydrogen) atoms. The third-order valence-corrected chi connectivity index (χ3v) is 4.92. The van der Waals surface area contributed by atoms with E-state index in [4.69, 9.17) is 5.41 Å². The number of carbonyl (C=O) groups is 1. The lowest BCUT2D eigenvalue weighted by molar-refractivity contribution is 0.0696. The Morgan fingerprint density at radius 3 is 2.21 bits per heavy atom. The Morgan fingerprint density at radius 2 is 1.64 bits per heavy atom. The number of hydrogen-bond acceptors (Lipinski definition) is 3. The van der Waals surface area contributed by atoms with Gasteiger partial charge in [-0.05, 0) is 77.6 Å². The van der Waals surface area contributed by atoms with E-state index in [1.165, 1.54) is 0 Å². The van der Waals surface area contributed by atoms with E-state index in [0.29, 0.717) is 11.3 Å². The van der Waals surface area contributed by atoms with Crippen LogP contribution in [0.25, 0.3) is 5.57 Å². The number of benzene rings is 2. The zero-order valence-corrected chi connectivity index (χ0v) is 16.6. The van der Waals surface area contributed by atoms with Crippen LogP contribution in [-0.4, -0.2) is 30.9 Å². The minimum absolute atomic E-state index is 0.267. The molecule has 4 heteroatoms. The summed E-state index contributed by atoms with van der Waals surface area (Å²) in [5.74, 6) is -0.953. The van der Waals surface area contributed by atoms with Gasteiger partial charge in [0.2, 0.25) is 0 Å². The molecule has 0 fully saturated rings. The van der Waals surface area contributed by atoms with E-state index in [-0.39, 0.29) is 5.56 Å². The van der Waals surface area contributed by atoms with Gasteiger partial charge in [-0.25, -0.2) is 4.79 Å². The standard InChI is InChI=1S/C24H24N2O2/c1-15-13-17(25)9-11-19(15)23(21-7-5-6-8-22(21)24(27)28)20-12-10-18(26(3)4)14-16(20)2/h5-14,25H,1-4H3,(H,27,28)/b23-19+,25-17?. The summed E-state index contributed by atoms with van der Waals surface area (Å²) < 4.78 is 0. The van der Waals surface area contributed by atoms with Crippen LogP contribution in [0.3, 0.4) is 0 Å². The molecule has 0 aromatic heterocycles. The zero-order valence-electron chi connectivity index (χ0n) is 16.6. The molecule has 0 heterocycles. The van der Waals surface area contributed by atoms with Crippen LogP contribution < -0.4 is 4.90 Å². The monoisotopic (exact) mass is 372 g/mol. The number of anilines is 1. The van der Waals surface area contributed by atoms with Crippen molar-refractivity contribution in [1.82, 2.24) is 0 Å². The highest BCUT2D eigenvalue weighted by Gasteiger charge is 2.21. The number of carboxylic acids is 1. The fourth-order valence-electron chi connectivity index (χ4n) is 3.47. The average molecular weight is 372 g/mol. The summed E-state index contributed by atoms with van der Waals surface area (Å²) in [6.07, 6.45) is 5.46. The molecule has 0 radical (unpaired) electrons. The molecule has 0 bridgehead atoms. The molecule has 0 unspecified atom stereocenters. The quantitative estimate of drug-likeness (QED) is 0.785. The van der Waals surface area contributed by atoms with Gasteiger partial charge in [0, 0.05) is 19.8 Å². The smallest absolute Gasteiger partial charge is 0.336 e. The van der Waals surface area contributed by atoms with E-state index < -0.39 is 5.97 Å². The first kappa shape index (κ1) is 19.4. The first-order chi connectivity index (χ1) is 13.3. The molecule has 4 nitrogen and oxygen atoms in total. The van der Waals surface area contributed by atoms with Gasteiger partial charge in [-0.1, -0.05) is 30.3 Å². The number of aryl methyl sites for hydroxylation is 1. The lowest BCUT2D eigenvalue weighted by Crippen LogP contribution is -2.10. The van der Waals surface area contributed by atoms with Gasteiger partial charge >= 0.3 is 5.97 Å². The van der Waals surface area contributed by atoms with Gasteiger partial charge in [0.05, 0.1) is 11.3 Å². The SMILES string of the molecule is CC1=CC(=N)C=C/C1=C(/c1ccc(N(C)C)cc1C)c1ccccc1C(=O)O. The van der Waals surface area contributed by atoms with E-state index in [1.54, 1.807) is 18.2 Å². The molecule has 0 saturated heterocycles. The number of hydrogen-bond donors (Lipinski definition) is 2.